The first-order valence-corrected chi connectivity index (χ1v) is 5.48. The minimum absolute atomic E-state index is 0.181. The van der Waals surface area contributed by atoms with Gasteiger partial charge in [0.25, 0.3) is 0 Å². The van der Waals surface area contributed by atoms with Crippen LogP contribution in [0.15, 0.2) is 49.3 Å². The number of carbonyl (C=O) groups is 1. The fraction of sp³-hybridized carbons (Fsp3) is 0. The monoisotopic (exact) mass is 255 g/mol. The summed E-state index contributed by atoms with van der Waals surface area (Å²) in [5.74, 6) is -0.999. The highest BCUT2D eigenvalue weighted by molar-refractivity contribution is 5.92. The quantitative estimate of drug-likeness (QED) is 0.758. The molecule has 7 heteroatoms. The van der Waals surface area contributed by atoms with Gasteiger partial charge in [-0.2, -0.15) is 5.10 Å². The fourth-order valence-electron chi connectivity index (χ4n) is 1.80. The van der Waals surface area contributed by atoms with Crippen LogP contribution in [0.5, 0.6) is 0 Å². The summed E-state index contributed by atoms with van der Waals surface area (Å²) in [4.78, 5) is 11.2. The largest absolute Gasteiger partial charge is 0.478 e. The Morgan fingerprint density at radius 2 is 2.00 bits per heavy atom. The van der Waals surface area contributed by atoms with Gasteiger partial charge in [0, 0.05) is 12.4 Å². The number of carboxylic acids is 1. The molecule has 94 valence electrons. The van der Waals surface area contributed by atoms with Crippen molar-refractivity contribution in [3.63, 3.8) is 0 Å². The smallest absolute Gasteiger partial charge is 0.337 e. The Morgan fingerprint density at radius 1 is 1.21 bits per heavy atom. The van der Waals surface area contributed by atoms with Crippen molar-refractivity contribution in [2.24, 2.45) is 0 Å². The summed E-state index contributed by atoms with van der Waals surface area (Å²) in [6.07, 6.45) is 6.38. The molecule has 0 aliphatic heterocycles. The molecule has 0 unspecified atom stereocenters. The number of benzene rings is 1. The van der Waals surface area contributed by atoms with Gasteiger partial charge in [-0.05, 0) is 24.3 Å². The average molecular weight is 255 g/mol. The van der Waals surface area contributed by atoms with Crippen molar-refractivity contribution >= 4 is 5.97 Å². The van der Waals surface area contributed by atoms with Gasteiger partial charge < -0.3 is 5.11 Å². The van der Waals surface area contributed by atoms with Gasteiger partial charge in [0.15, 0.2) is 0 Å². The lowest BCUT2D eigenvalue weighted by Gasteiger charge is -2.09. The molecule has 0 aliphatic carbocycles. The summed E-state index contributed by atoms with van der Waals surface area (Å²) < 4.78 is 3.20. The van der Waals surface area contributed by atoms with E-state index in [4.69, 9.17) is 0 Å². The summed E-state index contributed by atoms with van der Waals surface area (Å²) in [5.41, 5.74) is 1.43. The van der Waals surface area contributed by atoms with E-state index in [1.807, 2.05) is 0 Å². The van der Waals surface area contributed by atoms with Crippen LogP contribution < -0.4 is 0 Å². The molecule has 3 rings (SSSR count). The first-order valence-electron chi connectivity index (χ1n) is 5.48. The van der Waals surface area contributed by atoms with Crippen LogP contribution in [-0.4, -0.2) is 35.6 Å². The molecule has 0 saturated heterocycles. The lowest BCUT2D eigenvalue weighted by atomic mass is 10.1. The standard InChI is InChI=1S/C12H9N5O2/c18-12(19)10-3-2-9(16-7-13-14-8-16)6-11(10)17-5-1-4-15-17/h1-8H,(H,18,19). The van der Waals surface area contributed by atoms with Gasteiger partial charge in [0.1, 0.15) is 12.7 Å². The molecule has 0 atom stereocenters. The number of aromatic nitrogens is 5. The van der Waals surface area contributed by atoms with Crippen molar-refractivity contribution in [2.75, 3.05) is 0 Å². The van der Waals surface area contributed by atoms with Gasteiger partial charge in [-0.1, -0.05) is 0 Å². The summed E-state index contributed by atoms with van der Waals surface area (Å²) in [7, 11) is 0. The van der Waals surface area contributed by atoms with Gasteiger partial charge in [-0.25, -0.2) is 9.48 Å². The van der Waals surface area contributed by atoms with Crippen molar-refractivity contribution in [3.05, 3.63) is 54.9 Å². The summed E-state index contributed by atoms with van der Waals surface area (Å²) in [6, 6.07) is 6.69. The Hall–Kier alpha value is -2.96. The van der Waals surface area contributed by atoms with Crippen molar-refractivity contribution in [1.82, 2.24) is 24.5 Å². The molecule has 19 heavy (non-hydrogen) atoms. The molecule has 0 aliphatic rings. The first kappa shape index (κ1) is 11.1. The van der Waals surface area contributed by atoms with Crippen LogP contribution in [0, 0.1) is 0 Å². The van der Waals surface area contributed by atoms with E-state index in [9.17, 15) is 9.90 Å². The van der Waals surface area contributed by atoms with Gasteiger partial charge in [-0.15, -0.1) is 10.2 Å². The van der Waals surface area contributed by atoms with E-state index >= 15 is 0 Å². The SMILES string of the molecule is O=C(O)c1ccc(-n2cnnc2)cc1-n1cccn1. The van der Waals surface area contributed by atoms with E-state index in [1.54, 1.807) is 47.8 Å². The Morgan fingerprint density at radius 3 is 2.63 bits per heavy atom. The zero-order chi connectivity index (χ0) is 13.2. The predicted octanol–water partition coefficient (Wildman–Crippen LogP) is 1.15. The molecular weight excluding hydrogens is 246 g/mol. The lowest BCUT2D eigenvalue weighted by molar-refractivity contribution is 0.0697. The van der Waals surface area contributed by atoms with E-state index in [0.29, 0.717) is 5.69 Å². The van der Waals surface area contributed by atoms with Crippen LogP contribution in [0.2, 0.25) is 0 Å². The van der Waals surface area contributed by atoms with Crippen LogP contribution in [0.25, 0.3) is 11.4 Å². The summed E-state index contributed by atoms with van der Waals surface area (Å²) in [5, 5.41) is 20.7. The molecule has 0 spiro atoms. The third kappa shape index (κ3) is 1.97. The Kier molecular flexibility index (Phi) is 2.57. The second-order valence-electron chi connectivity index (χ2n) is 3.83. The molecule has 7 nitrogen and oxygen atoms in total. The molecule has 2 aromatic heterocycles. The van der Waals surface area contributed by atoms with Crippen LogP contribution in [0.3, 0.4) is 0 Å². The maximum absolute atomic E-state index is 11.2. The van der Waals surface area contributed by atoms with Crippen LogP contribution in [-0.2, 0) is 0 Å². The van der Waals surface area contributed by atoms with Gasteiger partial charge in [0.05, 0.1) is 16.9 Å². The number of hydrogen-bond donors (Lipinski definition) is 1. The Bertz CT molecular complexity index is 704. The molecule has 1 aromatic carbocycles. The molecule has 0 bridgehead atoms. The maximum atomic E-state index is 11.2. The highest BCUT2D eigenvalue weighted by atomic mass is 16.4. The third-order valence-electron chi connectivity index (χ3n) is 2.68. The maximum Gasteiger partial charge on any atom is 0.337 e. The van der Waals surface area contributed by atoms with Crippen molar-refractivity contribution in [3.8, 4) is 11.4 Å². The zero-order valence-corrected chi connectivity index (χ0v) is 9.71. The fourth-order valence-corrected chi connectivity index (χ4v) is 1.80. The summed E-state index contributed by atoms with van der Waals surface area (Å²) in [6.45, 7) is 0. The number of nitrogens with zero attached hydrogens (tertiary/aromatic N) is 5. The molecule has 0 fully saturated rings. The van der Waals surface area contributed by atoms with Crippen molar-refractivity contribution < 1.29 is 9.90 Å². The van der Waals surface area contributed by atoms with Crippen LogP contribution in [0.4, 0.5) is 0 Å². The van der Waals surface area contributed by atoms with E-state index in [1.165, 1.54) is 10.7 Å². The average Bonchev–Trinajstić information content (AvgIpc) is 3.11. The van der Waals surface area contributed by atoms with E-state index in [2.05, 4.69) is 15.3 Å². The van der Waals surface area contributed by atoms with Crippen molar-refractivity contribution in [2.45, 2.75) is 0 Å². The summed E-state index contributed by atoms with van der Waals surface area (Å²) >= 11 is 0. The third-order valence-corrected chi connectivity index (χ3v) is 2.68. The molecule has 0 radical (unpaired) electrons. The Labute approximate surface area is 107 Å². The number of hydrogen-bond acceptors (Lipinski definition) is 4. The number of rotatable bonds is 3. The van der Waals surface area contributed by atoms with Crippen LogP contribution >= 0.6 is 0 Å². The zero-order valence-electron chi connectivity index (χ0n) is 9.71. The minimum Gasteiger partial charge on any atom is -0.478 e. The molecule has 0 amide bonds. The second kappa shape index (κ2) is 4.37. The second-order valence-corrected chi connectivity index (χ2v) is 3.83. The molecular formula is C12H9N5O2. The predicted molar refractivity (Wildman–Crippen MR) is 65.4 cm³/mol. The number of aromatic carboxylic acids is 1. The highest BCUT2D eigenvalue weighted by Crippen LogP contribution is 2.18. The highest BCUT2D eigenvalue weighted by Gasteiger charge is 2.13. The topological polar surface area (TPSA) is 85.8 Å². The normalized spacial score (nSPS) is 10.5. The molecule has 3 aromatic rings. The minimum atomic E-state index is -0.999. The molecule has 0 saturated carbocycles. The lowest BCUT2D eigenvalue weighted by Crippen LogP contribution is -2.07. The van der Waals surface area contributed by atoms with Crippen molar-refractivity contribution in [1.29, 1.82) is 0 Å². The van der Waals surface area contributed by atoms with Gasteiger partial charge >= 0.3 is 5.97 Å². The van der Waals surface area contributed by atoms with E-state index < -0.39 is 5.97 Å². The van der Waals surface area contributed by atoms with E-state index in [-0.39, 0.29) is 5.56 Å². The molecule has 1 N–H and O–H groups in total. The van der Waals surface area contributed by atoms with Gasteiger partial charge in [0.2, 0.25) is 0 Å². The van der Waals surface area contributed by atoms with Gasteiger partial charge in [-0.3, -0.25) is 4.57 Å². The molecule has 2 heterocycles. The van der Waals surface area contributed by atoms with E-state index in [0.717, 1.165) is 5.69 Å². The Balaban J connectivity index is 2.18. The number of carboxylic acid groups (broad SMARTS) is 1. The van der Waals surface area contributed by atoms with Crippen LogP contribution in [0.1, 0.15) is 10.4 Å². The first-order chi connectivity index (χ1) is 9.25.